The predicted molar refractivity (Wildman–Crippen MR) is 116 cm³/mol. The lowest BCUT2D eigenvalue weighted by atomic mass is 9.83. The Morgan fingerprint density at radius 3 is 2.72 bits per heavy atom. The standard InChI is InChI=1S/C24H18ClFN2O4/c1-30-21-9-14(8-18(25)23(21)31-12-13-4-2-3-5-19(13)26)22-16-7-6-15(29)10-20(16)32-24(28)17(22)11-27/h2-10,22,29H,12,28H2,1H3/t22-/m0/s1. The minimum atomic E-state index is -0.601. The number of nitriles is 1. The highest BCUT2D eigenvalue weighted by Crippen LogP contribution is 2.47. The molecule has 0 saturated heterocycles. The van der Waals surface area contributed by atoms with Crippen molar-refractivity contribution in [2.45, 2.75) is 12.5 Å². The van der Waals surface area contributed by atoms with Crippen LogP contribution in [0.25, 0.3) is 0 Å². The van der Waals surface area contributed by atoms with Crippen molar-refractivity contribution in [3.8, 4) is 29.1 Å². The molecule has 32 heavy (non-hydrogen) atoms. The predicted octanol–water partition coefficient (Wildman–Crippen LogP) is 4.99. The fourth-order valence-electron chi connectivity index (χ4n) is 3.60. The summed E-state index contributed by atoms with van der Waals surface area (Å²) < 4.78 is 30.7. The van der Waals surface area contributed by atoms with Gasteiger partial charge in [-0.25, -0.2) is 4.39 Å². The molecule has 0 fully saturated rings. The number of nitrogens with zero attached hydrogens (tertiary/aromatic N) is 1. The van der Waals surface area contributed by atoms with Crippen molar-refractivity contribution in [3.05, 3.63) is 93.6 Å². The van der Waals surface area contributed by atoms with Gasteiger partial charge >= 0.3 is 0 Å². The Bertz CT molecular complexity index is 1270. The Kier molecular flexibility index (Phi) is 5.80. The minimum Gasteiger partial charge on any atom is -0.508 e. The second-order valence-electron chi connectivity index (χ2n) is 7.06. The number of hydrogen-bond donors (Lipinski definition) is 2. The Morgan fingerprint density at radius 1 is 1.22 bits per heavy atom. The smallest absolute Gasteiger partial charge is 0.205 e. The van der Waals surface area contributed by atoms with Gasteiger partial charge in [0, 0.05) is 17.2 Å². The van der Waals surface area contributed by atoms with E-state index in [0.717, 1.165) is 0 Å². The van der Waals surface area contributed by atoms with Gasteiger partial charge in [-0.05, 0) is 29.8 Å². The van der Waals surface area contributed by atoms with Crippen molar-refractivity contribution in [3.63, 3.8) is 0 Å². The lowest BCUT2D eigenvalue weighted by Crippen LogP contribution is -2.21. The summed E-state index contributed by atoms with van der Waals surface area (Å²) in [6.07, 6.45) is 0. The van der Waals surface area contributed by atoms with E-state index < -0.39 is 5.92 Å². The second kappa shape index (κ2) is 8.69. The van der Waals surface area contributed by atoms with E-state index in [1.165, 1.54) is 25.3 Å². The van der Waals surface area contributed by atoms with Crippen molar-refractivity contribution >= 4 is 11.6 Å². The Labute approximate surface area is 188 Å². The van der Waals surface area contributed by atoms with E-state index in [9.17, 15) is 14.8 Å². The molecule has 0 saturated carbocycles. The summed E-state index contributed by atoms with van der Waals surface area (Å²) in [7, 11) is 1.46. The maximum Gasteiger partial charge on any atom is 0.205 e. The van der Waals surface area contributed by atoms with Crippen LogP contribution in [0.2, 0.25) is 5.02 Å². The highest BCUT2D eigenvalue weighted by atomic mass is 35.5. The zero-order chi connectivity index (χ0) is 22.8. The average molecular weight is 453 g/mol. The molecular formula is C24H18ClFN2O4. The van der Waals surface area contributed by atoms with Gasteiger partial charge in [-0.1, -0.05) is 35.9 Å². The summed E-state index contributed by atoms with van der Waals surface area (Å²) in [5.74, 6) is -0.159. The van der Waals surface area contributed by atoms with Crippen LogP contribution in [0.15, 0.2) is 66.1 Å². The number of halogens is 2. The summed E-state index contributed by atoms with van der Waals surface area (Å²) in [4.78, 5) is 0. The first-order valence-electron chi connectivity index (χ1n) is 9.57. The normalized spacial score (nSPS) is 14.9. The molecule has 1 aliphatic heterocycles. The summed E-state index contributed by atoms with van der Waals surface area (Å²) >= 11 is 6.52. The molecule has 8 heteroatoms. The van der Waals surface area contributed by atoms with Gasteiger partial charge in [-0.2, -0.15) is 5.26 Å². The van der Waals surface area contributed by atoms with Gasteiger partial charge in [0.2, 0.25) is 5.88 Å². The van der Waals surface area contributed by atoms with Crippen LogP contribution in [-0.2, 0) is 6.61 Å². The molecule has 3 N–H and O–H groups in total. The molecule has 0 unspecified atom stereocenters. The topological polar surface area (TPSA) is 97.7 Å². The highest BCUT2D eigenvalue weighted by Gasteiger charge is 2.32. The van der Waals surface area contributed by atoms with Crippen LogP contribution < -0.4 is 19.9 Å². The highest BCUT2D eigenvalue weighted by molar-refractivity contribution is 6.32. The van der Waals surface area contributed by atoms with E-state index in [1.807, 2.05) is 0 Å². The third kappa shape index (κ3) is 3.88. The molecule has 162 valence electrons. The first-order chi connectivity index (χ1) is 15.4. The molecule has 1 heterocycles. The SMILES string of the molecule is COc1cc([C@@H]2C(C#N)=C(N)Oc3cc(O)ccc32)cc(Cl)c1OCc1ccccc1F. The minimum absolute atomic E-state index is 0.00297. The van der Waals surface area contributed by atoms with E-state index in [0.29, 0.717) is 28.2 Å². The van der Waals surface area contributed by atoms with Crippen LogP contribution in [0.1, 0.15) is 22.6 Å². The molecule has 0 aromatic heterocycles. The van der Waals surface area contributed by atoms with Crippen molar-refractivity contribution in [2.75, 3.05) is 7.11 Å². The molecule has 0 radical (unpaired) electrons. The summed E-state index contributed by atoms with van der Waals surface area (Å²) in [5.41, 5.74) is 7.78. The van der Waals surface area contributed by atoms with E-state index in [2.05, 4.69) is 6.07 Å². The number of phenolic OH excluding ortho intramolecular Hbond substituents is 1. The number of nitrogens with two attached hydrogens (primary N) is 1. The Morgan fingerprint density at radius 2 is 2.00 bits per heavy atom. The zero-order valence-electron chi connectivity index (χ0n) is 16.9. The lowest BCUT2D eigenvalue weighted by Gasteiger charge is -2.27. The number of fused-ring (bicyclic) bond motifs is 1. The van der Waals surface area contributed by atoms with Crippen LogP contribution in [0.3, 0.4) is 0 Å². The largest absolute Gasteiger partial charge is 0.508 e. The molecule has 3 aromatic rings. The third-order valence-electron chi connectivity index (χ3n) is 5.12. The van der Waals surface area contributed by atoms with Crippen LogP contribution in [0.4, 0.5) is 4.39 Å². The van der Waals surface area contributed by atoms with Crippen molar-refractivity contribution in [1.82, 2.24) is 0 Å². The zero-order valence-corrected chi connectivity index (χ0v) is 17.7. The molecular weight excluding hydrogens is 435 g/mol. The number of phenols is 1. The van der Waals surface area contributed by atoms with E-state index in [4.69, 9.17) is 31.5 Å². The van der Waals surface area contributed by atoms with Crippen molar-refractivity contribution in [1.29, 1.82) is 5.26 Å². The number of hydrogen-bond acceptors (Lipinski definition) is 6. The summed E-state index contributed by atoms with van der Waals surface area (Å²) in [6.45, 7) is -0.0439. The molecule has 0 amide bonds. The molecule has 4 rings (SSSR count). The van der Waals surface area contributed by atoms with Crippen LogP contribution >= 0.6 is 11.6 Å². The van der Waals surface area contributed by atoms with Crippen LogP contribution in [0, 0.1) is 17.1 Å². The molecule has 1 aliphatic rings. The fraction of sp³-hybridized carbons (Fsp3) is 0.125. The number of benzene rings is 3. The maximum atomic E-state index is 13.9. The van der Waals surface area contributed by atoms with Crippen LogP contribution in [0.5, 0.6) is 23.0 Å². The number of aromatic hydroxyl groups is 1. The molecule has 3 aromatic carbocycles. The number of rotatable bonds is 5. The van der Waals surface area contributed by atoms with Crippen molar-refractivity contribution in [2.24, 2.45) is 5.73 Å². The van der Waals surface area contributed by atoms with E-state index in [1.54, 1.807) is 36.4 Å². The van der Waals surface area contributed by atoms with E-state index in [-0.39, 0.29) is 40.4 Å². The van der Waals surface area contributed by atoms with Crippen molar-refractivity contribution < 1.29 is 23.7 Å². The first kappa shape index (κ1) is 21.3. The third-order valence-corrected chi connectivity index (χ3v) is 5.40. The Balaban J connectivity index is 1.76. The second-order valence-corrected chi connectivity index (χ2v) is 7.47. The monoisotopic (exact) mass is 452 g/mol. The quantitative estimate of drug-likeness (QED) is 0.566. The Hall–Kier alpha value is -3.89. The molecule has 1 atom stereocenters. The summed E-state index contributed by atoms with van der Waals surface area (Å²) in [6, 6.07) is 16.3. The first-order valence-corrected chi connectivity index (χ1v) is 9.94. The van der Waals surface area contributed by atoms with E-state index >= 15 is 0 Å². The van der Waals surface area contributed by atoms with Gasteiger partial charge in [0.1, 0.15) is 35.6 Å². The molecule has 0 aliphatic carbocycles. The van der Waals surface area contributed by atoms with Gasteiger partial charge in [0.15, 0.2) is 11.5 Å². The lowest BCUT2D eigenvalue weighted by molar-refractivity contribution is 0.279. The van der Waals surface area contributed by atoms with Gasteiger partial charge in [0.05, 0.1) is 18.1 Å². The summed E-state index contributed by atoms with van der Waals surface area (Å²) in [5, 5.41) is 19.7. The van der Waals surface area contributed by atoms with Gasteiger partial charge in [-0.15, -0.1) is 0 Å². The molecule has 6 nitrogen and oxygen atoms in total. The van der Waals surface area contributed by atoms with Gasteiger partial charge in [-0.3, -0.25) is 0 Å². The fourth-order valence-corrected chi connectivity index (χ4v) is 3.87. The maximum absolute atomic E-state index is 13.9. The van der Waals surface area contributed by atoms with Crippen LogP contribution in [-0.4, -0.2) is 12.2 Å². The number of allylic oxidation sites excluding steroid dienone is 1. The number of methoxy groups -OCH3 is 1. The number of ether oxygens (including phenoxy) is 3. The molecule has 0 bridgehead atoms. The molecule has 0 spiro atoms. The van der Waals surface area contributed by atoms with Gasteiger partial charge in [0.25, 0.3) is 0 Å². The van der Waals surface area contributed by atoms with Gasteiger partial charge < -0.3 is 25.1 Å². The average Bonchev–Trinajstić information content (AvgIpc) is 2.77.